The second kappa shape index (κ2) is 6.78. The molecule has 2 atom stereocenters. The van der Waals surface area contributed by atoms with E-state index in [1.807, 2.05) is 23.4 Å². The number of aromatic nitrogens is 3. The number of nitrogens with zero attached hydrogens (tertiary/aromatic N) is 5. The third-order valence-corrected chi connectivity index (χ3v) is 5.04. The largest absolute Gasteiger partial charge is 0.351 e. The number of nitrogens with two attached hydrogens (primary N) is 1. The van der Waals surface area contributed by atoms with Crippen LogP contribution in [0.2, 0.25) is 0 Å². The number of rotatable bonds is 2. The highest BCUT2D eigenvalue weighted by Crippen LogP contribution is 2.25. The lowest BCUT2D eigenvalue weighted by molar-refractivity contribution is -0.138. The van der Waals surface area contributed by atoms with E-state index in [0.717, 1.165) is 43.9 Å². The lowest BCUT2D eigenvalue weighted by atomic mass is 9.95. The van der Waals surface area contributed by atoms with Crippen LogP contribution >= 0.6 is 0 Å². The van der Waals surface area contributed by atoms with Crippen LogP contribution in [0, 0.1) is 19.8 Å². The van der Waals surface area contributed by atoms with Gasteiger partial charge in [-0.05, 0) is 39.5 Å². The summed E-state index contributed by atoms with van der Waals surface area (Å²) in [7, 11) is 0. The molecule has 24 heavy (non-hydrogen) atoms. The lowest BCUT2D eigenvalue weighted by Gasteiger charge is -2.38. The van der Waals surface area contributed by atoms with E-state index in [-0.39, 0.29) is 17.9 Å². The molecule has 132 valence electrons. The summed E-state index contributed by atoms with van der Waals surface area (Å²) in [4.78, 5) is 32.1. The molecule has 2 N–H and O–H groups in total. The number of carbonyl (C=O) groups is 2. The molecular weight excluding hydrogens is 308 g/mol. The Kier molecular flexibility index (Phi) is 4.73. The third-order valence-electron chi connectivity index (χ3n) is 5.04. The number of amides is 3. The fraction of sp³-hybridized carbons (Fsp3) is 0.750. The predicted octanol–water partition coefficient (Wildman–Crippen LogP) is 0.849. The van der Waals surface area contributed by atoms with Gasteiger partial charge in [0.05, 0.1) is 12.0 Å². The number of likely N-dealkylation sites (tertiary alicyclic amines) is 2. The van der Waals surface area contributed by atoms with Crippen molar-refractivity contribution in [3.8, 4) is 0 Å². The Bertz CT molecular complexity index is 628. The highest BCUT2D eigenvalue weighted by molar-refractivity contribution is 5.80. The van der Waals surface area contributed by atoms with Gasteiger partial charge in [0, 0.05) is 26.2 Å². The Morgan fingerprint density at radius 1 is 1.08 bits per heavy atom. The average molecular weight is 334 g/mol. The Labute approximate surface area is 142 Å². The molecule has 0 spiro atoms. The average Bonchev–Trinajstić information content (AvgIpc) is 2.93. The topological polar surface area (TPSA) is 97.4 Å². The summed E-state index contributed by atoms with van der Waals surface area (Å²) in [6, 6.07) is -0.252. The Balaban J connectivity index is 1.67. The minimum Gasteiger partial charge on any atom is -0.351 e. The molecule has 0 aromatic carbocycles. The maximum atomic E-state index is 12.9. The van der Waals surface area contributed by atoms with Gasteiger partial charge in [-0.2, -0.15) is 5.10 Å². The fourth-order valence-corrected chi connectivity index (χ4v) is 3.87. The molecule has 2 aliphatic rings. The van der Waals surface area contributed by atoms with Gasteiger partial charge in [-0.1, -0.05) is 0 Å². The molecular formula is C16H26N6O2. The number of hydrogen-bond donors (Lipinski definition) is 1. The summed E-state index contributed by atoms with van der Waals surface area (Å²) < 4.78 is 1.95. The summed E-state index contributed by atoms with van der Waals surface area (Å²) in [5.74, 6) is 1.66. The van der Waals surface area contributed by atoms with Crippen molar-refractivity contribution >= 4 is 11.9 Å². The highest BCUT2D eigenvalue weighted by atomic mass is 16.2. The fourth-order valence-electron chi connectivity index (χ4n) is 3.87. The molecule has 3 rings (SSSR count). The lowest BCUT2D eigenvalue weighted by Crippen LogP contribution is -2.50. The van der Waals surface area contributed by atoms with Gasteiger partial charge in [0.1, 0.15) is 11.6 Å². The predicted molar refractivity (Wildman–Crippen MR) is 88.2 cm³/mol. The van der Waals surface area contributed by atoms with E-state index < -0.39 is 6.03 Å². The van der Waals surface area contributed by atoms with Crippen molar-refractivity contribution in [1.82, 2.24) is 24.6 Å². The van der Waals surface area contributed by atoms with Gasteiger partial charge in [0.25, 0.3) is 0 Å². The molecule has 2 fully saturated rings. The van der Waals surface area contributed by atoms with Gasteiger partial charge in [-0.25, -0.2) is 14.5 Å². The Morgan fingerprint density at radius 3 is 2.46 bits per heavy atom. The minimum absolute atomic E-state index is 0.136. The first-order chi connectivity index (χ1) is 11.5. The smallest absolute Gasteiger partial charge is 0.314 e. The molecule has 0 aliphatic carbocycles. The van der Waals surface area contributed by atoms with Crippen molar-refractivity contribution in [2.45, 2.75) is 45.6 Å². The maximum Gasteiger partial charge on any atom is 0.314 e. The molecule has 8 heteroatoms. The van der Waals surface area contributed by atoms with Gasteiger partial charge in [0.15, 0.2) is 0 Å². The van der Waals surface area contributed by atoms with Gasteiger partial charge >= 0.3 is 6.03 Å². The second-order valence-electron chi connectivity index (χ2n) is 6.85. The van der Waals surface area contributed by atoms with Crippen LogP contribution in [-0.4, -0.2) is 62.7 Å². The van der Waals surface area contributed by atoms with Gasteiger partial charge in [-0.15, -0.1) is 0 Å². The van der Waals surface area contributed by atoms with Crippen LogP contribution in [0.3, 0.4) is 0 Å². The van der Waals surface area contributed by atoms with Crippen LogP contribution in [0.5, 0.6) is 0 Å². The first-order valence-electron chi connectivity index (χ1n) is 8.68. The number of urea groups is 1. The monoisotopic (exact) mass is 334 g/mol. The maximum absolute atomic E-state index is 12.9. The van der Waals surface area contributed by atoms with Gasteiger partial charge in [-0.3, -0.25) is 4.79 Å². The molecule has 2 saturated heterocycles. The molecule has 0 radical (unpaired) electrons. The van der Waals surface area contributed by atoms with Crippen LogP contribution in [0.1, 0.15) is 43.4 Å². The van der Waals surface area contributed by atoms with E-state index in [2.05, 4.69) is 10.1 Å². The first-order valence-corrected chi connectivity index (χ1v) is 8.68. The van der Waals surface area contributed by atoms with Crippen LogP contribution in [0.15, 0.2) is 0 Å². The first kappa shape index (κ1) is 16.7. The zero-order chi connectivity index (χ0) is 17.3. The van der Waals surface area contributed by atoms with Crippen LogP contribution in [0.4, 0.5) is 4.79 Å². The van der Waals surface area contributed by atoms with Crippen molar-refractivity contribution in [2.24, 2.45) is 11.7 Å². The number of piperidine rings is 2. The van der Waals surface area contributed by atoms with Crippen molar-refractivity contribution in [2.75, 3.05) is 26.2 Å². The summed E-state index contributed by atoms with van der Waals surface area (Å²) >= 11 is 0. The quantitative estimate of drug-likeness (QED) is 0.867. The molecule has 0 bridgehead atoms. The van der Waals surface area contributed by atoms with E-state index in [0.29, 0.717) is 19.6 Å². The normalized spacial score (nSPS) is 24.9. The minimum atomic E-state index is -0.433. The number of aryl methyl sites for hydroxylation is 2. The van der Waals surface area contributed by atoms with E-state index in [1.165, 1.54) is 0 Å². The standard InChI is InChI=1S/C16H26N6O2/c1-11-18-12(2)22(19-11)14-6-4-7-20(10-14)15(23)13-5-3-8-21(9-13)16(17)24/h13-14H,3-10H2,1-2H3,(H2,17,24)/t13-,14-/m0/s1. The van der Waals surface area contributed by atoms with Gasteiger partial charge in [0.2, 0.25) is 5.91 Å². The Morgan fingerprint density at radius 2 is 1.79 bits per heavy atom. The van der Waals surface area contributed by atoms with Crippen LogP contribution < -0.4 is 5.73 Å². The molecule has 1 aromatic heterocycles. The SMILES string of the molecule is Cc1nc(C)n([C@H]2CCCN(C(=O)[C@H]3CCCN(C(N)=O)C3)C2)n1. The van der Waals surface area contributed by atoms with E-state index in [1.54, 1.807) is 4.90 Å². The molecule has 2 aliphatic heterocycles. The number of primary amides is 1. The van der Waals surface area contributed by atoms with Gasteiger partial charge < -0.3 is 15.5 Å². The molecule has 8 nitrogen and oxygen atoms in total. The number of carbonyl (C=O) groups excluding carboxylic acids is 2. The van der Waals surface area contributed by atoms with Crippen LogP contribution in [-0.2, 0) is 4.79 Å². The van der Waals surface area contributed by atoms with Crippen molar-refractivity contribution in [3.05, 3.63) is 11.6 Å². The third kappa shape index (κ3) is 3.37. The molecule has 3 heterocycles. The molecule has 0 unspecified atom stereocenters. The molecule has 1 aromatic rings. The van der Waals surface area contributed by atoms with E-state index >= 15 is 0 Å². The highest BCUT2D eigenvalue weighted by Gasteiger charge is 2.33. The zero-order valence-corrected chi connectivity index (χ0v) is 14.4. The summed E-state index contributed by atoms with van der Waals surface area (Å²) in [6.45, 7) is 6.36. The number of hydrogen-bond acceptors (Lipinski definition) is 4. The van der Waals surface area contributed by atoms with Crippen molar-refractivity contribution in [3.63, 3.8) is 0 Å². The van der Waals surface area contributed by atoms with Crippen molar-refractivity contribution in [1.29, 1.82) is 0 Å². The summed E-state index contributed by atoms with van der Waals surface area (Å²) in [5, 5.41) is 4.47. The van der Waals surface area contributed by atoms with E-state index in [9.17, 15) is 9.59 Å². The van der Waals surface area contributed by atoms with E-state index in [4.69, 9.17) is 5.73 Å². The molecule has 0 saturated carbocycles. The van der Waals surface area contributed by atoms with Crippen molar-refractivity contribution < 1.29 is 9.59 Å². The molecule has 3 amide bonds. The Hall–Kier alpha value is -2.12. The van der Waals surface area contributed by atoms with Crippen LogP contribution in [0.25, 0.3) is 0 Å². The summed E-state index contributed by atoms with van der Waals surface area (Å²) in [6.07, 6.45) is 3.62. The second-order valence-corrected chi connectivity index (χ2v) is 6.85. The zero-order valence-electron chi connectivity index (χ0n) is 14.4. The summed E-state index contributed by atoms with van der Waals surface area (Å²) in [5.41, 5.74) is 5.37.